The quantitative estimate of drug-likeness (QED) is 0.824. The number of nitrogens with two attached hydrogens (primary N) is 1. The van der Waals surface area contributed by atoms with Gasteiger partial charge in [-0.1, -0.05) is 0 Å². The van der Waals surface area contributed by atoms with Gasteiger partial charge in [0.15, 0.2) is 0 Å². The van der Waals surface area contributed by atoms with Crippen LogP contribution in [0.25, 0.3) is 0 Å². The molecule has 3 N–H and O–H groups in total. The van der Waals surface area contributed by atoms with Gasteiger partial charge >= 0.3 is 0 Å². The molecule has 0 spiro atoms. The summed E-state index contributed by atoms with van der Waals surface area (Å²) in [5.41, 5.74) is 9.28. The number of nitrogens with zero attached hydrogens (tertiary/aromatic N) is 3. The van der Waals surface area contributed by atoms with Gasteiger partial charge in [-0.05, 0) is 32.9 Å². The Morgan fingerprint density at radius 2 is 1.76 bits per heavy atom. The van der Waals surface area contributed by atoms with Crippen LogP contribution in [0, 0.1) is 20.8 Å². The summed E-state index contributed by atoms with van der Waals surface area (Å²) in [5.74, 6) is 0.953. The van der Waals surface area contributed by atoms with E-state index in [1.54, 1.807) is 0 Å². The summed E-state index contributed by atoms with van der Waals surface area (Å²) in [7, 11) is 0. The fraction of sp³-hybridized carbons (Fsp3) is 0.250. The molecule has 0 aromatic carbocycles. The van der Waals surface area contributed by atoms with E-state index >= 15 is 0 Å². The number of nitrogens with one attached hydrogen (secondary N) is 1. The lowest BCUT2D eigenvalue weighted by atomic mass is 10.2. The lowest BCUT2D eigenvalue weighted by Crippen LogP contribution is -2.03. The molecule has 5 heteroatoms. The maximum atomic E-state index is 5.60. The van der Waals surface area contributed by atoms with Crippen molar-refractivity contribution in [1.29, 1.82) is 0 Å². The van der Waals surface area contributed by atoms with E-state index in [9.17, 15) is 0 Å². The molecule has 0 radical (unpaired) electrons. The molecule has 0 atom stereocenters. The van der Waals surface area contributed by atoms with Crippen LogP contribution in [0.5, 0.6) is 0 Å². The first-order valence-corrected chi connectivity index (χ1v) is 5.37. The Morgan fingerprint density at radius 3 is 2.41 bits per heavy atom. The van der Waals surface area contributed by atoms with E-state index in [2.05, 4.69) is 20.3 Å². The molecule has 2 aromatic heterocycles. The second kappa shape index (κ2) is 4.37. The van der Waals surface area contributed by atoms with Crippen molar-refractivity contribution < 1.29 is 0 Å². The van der Waals surface area contributed by atoms with Crippen molar-refractivity contribution in [2.75, 3.05) is 11.1 Å². The second-order valence-electron chi connectivity index (χ2n) is 3.96. The van der Waals surface area contributed by atoms with E-state index in [4.69, 9.17) is 5.73 Å². The minimum atomic E-state index is 0.269. The number of pyridine rings is 1. The van der Waals surface area contributed by atoms with Crippen molar-refractivity contribution >= 4 is 17.5 Å². The van der Waals surface area contributed by atoms with Crippen LogP contribution in [0.15, 0.2) is 18.2 Å². The number of anilines is 3. The van der Waals surface area contributed by atoms with Gasteiger partial charge in [0.25, 0.3) is 0 Å². The van der Waals surface area contributed by atoms with Crippen LogP contribution >= 0.6 is 0 Å². The van der Waals surface area contributed by atoms with Crippen LogP contribution in [-0.4, -0.2) is 15.0 Å². The molecule has 0 aliphatic carbocycles. The van der Waals surface area contributed by atoms with Gasteiger partial charge in [-0.2, -0.15) is 4.98 Å². The van der Waals surface area contributed by atoms with Crippen molar-refractivity contribution in [2.45, 2.75) is 20.8 Å². The molecule has 0 bridgehead atoms. The predicted octanol–water partition coefficient (Wildman–Crippen LogP) is 2.12. The molecular weight excluding hydrogens is 214 g/mol. The summed E-state index contributed by atoms with van der Waals surface area (Å²) in [5, 5.41) is 3.19. The fourth-order valence-corrected chi connectivity index (χ4v) is 1.61. The minimum Gasteiger partial charge on any atom is -0.368 e. The molecule has 0 aliphatic rings. The molecule has 2 heterocycles. The average molecular weight is 229 g/mol. The van der Waals surface area contributed by atoms with Crippen molar-refractivity contribution in [3.8, 4) is 0 Å². The molecular formula is C12H15N5. The third-order valence-electron chi connectivity index (χ3n) is 2.36. The molecule has 17 heavy (non-hydrogen) atoms. The van der Waals surface area contributed by atoms with Gasteiger partial charge in [0.2, 0.25) is 5.95 Å². The average Bonchev–Trinajstić information content (AvgIpc) is 2.21. The summed E-state index contributed by atoms with van der Waals surface area (Å²) in [6.45, 7) is 5.79. The van der Waals surface area contributed by atoms with Crippen LogP contribution in [0.2, 0.25) is 0 Å². The Labute approximate surface area is 100 Å². The van der Waals surface area contributed by atoms with Crippen molar-refractivity contribution in [1.82, 2.24) is 15.0 Å². The highest BCUT2D eigenvalue weighted by molar-refractivity contribution is 5.59. The van der Waals surface area contributed by atoms with Crippen molar-refractivity contribution in [3.63, 3.8) is 0 Å². The summed E-state index contributed by atoms with van der Waals surface area (Å²) in [4.78, 5) is 12.5. The monoisotopic (exact) mass is 229 g/mol. The molecule has 0 saturated heterocycles. The number of rotatable bonds is 2. The Balaban J connectivity index is 2.31. The van der Waals surface area contributed by atoms with Crippen LogP contribution in [0.4, 0.5) is 17.5 Å². The lowest BCUT2D eigenvalue weighted by molar-refractivity contribution is 1.10. The first kappa shape index (κ1) is 11.3. The second-order valence-corrected chi connectivity index (χ2v) is 3.96. The maximum absolute atomic E-state index is 5.60. The minimum absolute atomic E-state index is 0.269. The molecule has 0 unspecified atom stereocenters. The number of hydrogen-bond acceptors (Lipinski definition) is 5. The van der Waals surface area contributed by atoms with E-state index in [0.29, 0.717) is 5.82 Å². The molecule has 0 saturated carbocycles. The molecule has 0 fully saturated rings. The van der Waals surface area contributed by atoms with Gasteiger partial charge in [-0.25, -0.2) is 4.98 Å². The highest BCUT2D eigenvalue weighted by Crippen LogP contribution is 2.18. The molecule has 5 nitrogen and oxygen atoms in total. The Hall–Kier alpha value is -2.17. The molecule has 2 rings (SSSR count). The number of aryl methyl sites for hydroxylation is 3. The van der Waals surface area contributed by atoms with Gasteiger partial charge in [0.05, 0.1) is 11.4 Å². The van der Waals surface area contributed by atoms with Gasteiger partial charge < -0.3 is 11.1 Å². The molecule has 0 amide bonds. The van der Waals surface area contributed by atoms with Crippen LogP contribution < -0.4 is 11.1 Å². The van der Waals surface area contributed by atoms with Crippen molar-refractivity contribution in [3.05, 3.63) is 35.3 Å². The van der Waals surface area contributed by atoms with Gasteiger partial charge in [-0.3, -0.25) is 4.98 Å². The zero-order chi connectivity index (χ0) is 12.4. The van der Waals surface area contributed by atoms with Gasteiger partial charge in [0, 0.05) is 17.5 Å². The van der Waals surface area contributed by atoms with E-state index in [1.807, 2.05) is 39.0 Å². The highest BCUT2D eigenvalue weighted by Gasteiger charge is 2.03. The number of aromatic nitrogens is 3. The maximum Gasteiger partial charge on any atom is 0.222 e. The van der Waals surface area contributed by atoms with Gasteiger partial charge in [-0.15, -0.1) is 0 Å². The van der Waals surface area contributed by atoms with Crippen LogP contribution in [0.1, 0.15) is 17.1 Å². The van der Waals surface area contributed by atoms with E-state index < -0.39 is 0 Å². The third-order valence-corrected chi connectivity index (χ3v) is 2.36. The molecule has 2 aromatic rings. The highest BCUT2D eigenvalue weighted by atomic mass is 15.1. The summed E-state index contributed by atoms with van der Waals surface area (Å²) < 4.78 is 0. The topological polar surface area (TPSA) is 76.7 Å². The Kier molecular flexibility index (Phi) is 2.91. The Morgan fingerprint density at radius 1 is 1.00 bits per heavy atom. The zero-order valence-electron chi connectivity index (χ0n) is 10.2. The van der Waals surface area contributed by atoms with Crippen LogP contribution in [-0.2, 0) is 0 Å². The van der Waals surface area contributed by atoms with E-state index in [-0.39, 0.29) is 5.95 Å². The van der Waals surface area contributed by atoms with Crippen LogP contribution in [0.3, 0.4) is 0 Å². The Bertz CT molecular complexity index is 530. The normalized spacial score (nSPS) is 10.3. The predicted molar refractivity (Wildman–Crippen MR) is 68.2 cm³/mol. The largest absolute Gasteiger partial charge is 0.368 e. The summed E-state index contributed by atoms with van der Waals surface area (Å²) >= 11 is 0. The number of hydrogen-bond donors (Lipinski definition) is 2. The number of nitrogen functional groups attached to an aromatic ring is 1. The lowest BCUT2D eigenvalue weighted by Gasteiger charge is -2.09. The van der Waals surface area contributed by atoms with Gasteiger partial charge in [0.1, 0.15) is 5.82 Å². The van der Waals surface area contributed by atoms with E-state index in [0.717, 1.165) is 22.8 Å². The fourth-order valence-electron chi connectivity index (χ4n) is 1.61. The molecule has 88 valence electrons. The summed E-state index contributed by atoms with van der Waals surface area (Å²) in [6, 6.07) is 5.77. The SMILES string of the molecule is Cc1cc(Nc2ccc(C)nc2C)nc(N)n1. The first-order chi connectivity index (χ1) is 8.04. The third kappa shape index (κ3) is 2.69. The van der Waals surface area contributed by atoms with E-state index in [1.165, 1.54) is 0 Å². The first-order valence-electron chi connectivity index (χ1n) is 5.37. The summed E-state index contributed by atoms with van der Waals surface area (Å²) in [6.07, 6.45) is 0. The zero-order valence-corrected chi connectivity index (χ0v) is 10.2. The van der Waals surface area contributed by atoms with Crippen molar-refractivity contribution in [2.24, 2.45) is 0 Å². The molecule has 0 aliphatic heterocycles. The standard InChI is InChI=1S/C12H15N5/c1-7-4-5-10(9(3)14-7)16-11-6-8(2)15-12(13)17-11/h4-6H,1-3H3,(H3,13,15,16,17). The smallest absolute Gasteiger partial charge is 0.222 e.